The molecule has 0 aliphatic carbocycles. The summed E-state index contributed by atoms with van der Waals surface area (Å²) in [5.74, 6) is 0.0666. The van der Waals surface area contributed by atoms with Gasteiger partial charge in [-0.15, -0.1) is 0 Å². The molecule has 5 nitrogen and oxygen atoms in total. The number of aromatic nitrogens is 1. The van der Waals surface area contributed by atoms with E-state index in [1.54, 1.807) is 6.20 Å². The van der Waals surface area contributed by atoms with E-state index in [4.69, 9.17) is 4.74 Å². The highest BCUT2D eigenvalue weighted by atomic mass is 16.5. The number of rotatable bonds is 4. The van der Waals surface area contributed by atoms with Crippen molar-refractivity contribution in [3.8, 4) is 5.75 Å². The van der Waals surface area contributed by atoms with E-state index in [1.807, 2.05) is 30.3 Å². The fourth-order valence-electron chi connectivity index (χ4n) is 1.52. The normalized spacial score (nSPS) is 9.89. The molecule has 2 rings (SSSR count). The molecule has 2 N–H and O–H groups in total. The zero-order valence-electron chi connectivity index (χ0n) is 10.2. The van der Waals surface area contributed by atoms with Gasteiger partial charge in [-0.25, -0.2) is 4.79 Å². The highest BCUT2D eigenvalue weighted by Crippen LogP contribution is 2.08. The van der Waals surface area contributed by atoms with Gasteiger partial charge >= 0.3 is 6.09 Å². The Bertz CT molecular complexity index is 543. The lowest BCUT2D eigenvalue weighted by atomic mass is 10.2. The number of carbonyl (C=O) groups excluding carboxylic acids is 1. The molecule has 0 atom stereocenters. The van der Waals surface area contributed by atoms with Crippen molar-refractivity contribution in [1.82, 2.24) is 10.3 Å². The number of alkyl carbamates (subject to hydrolysis) is 1. The van der Waals surface area contributed by atoms with Crippen LogP contribution in [0.1, 0.15) is 11.1 Å². The minimum atomic E-state index is -0.507. The molecular formula is C14H14N2O3. The maximum absolute atomic E-state index is 11.5. The Labute approximate surface area is 110 Å². The van der Waals surface area contributed by atoms with Crippen molar-refractivity contribution in [2.45, 2.75) is 13.2 Å². The monoisotopic (exact) mass is 258 g/mol. The summed E-state index contributed by atoms with van der Waals surface area (Å²) in [5, 5.41) is 11.8. The van der Waals surface area contributed by atoms with Crippen molar-refractivity contribution in [1.29, 1.82) is 0 Å². The first-order chi connectivity index (χ1) is 9.24. The summed E-state index contributed by atoms with van der Waals surface area (Å²) in [6, 6.07) is 11.0. The summed E-state index contributed by atoms with van der Waals surface area (Å²) in [4.78, 5) is 15.3. The van der Waals surface area contributed by atoms with Crippen molar-refractivity contribution >= 4 is 6.09 Å². The van der Waals surface area contributed by atoms with Gasteiger partial charge in [0.1, 0.15) is 12.4 Å². The Morgan fingerprint density at radius 1 is 1.21 bits per heavy atom. The Hall–Kier alpha value is -2.56. The van der Waals surface area contributed by atoms with E-state index in [0.717, 1.165) is 5.56 Å². The van der Waals surface area contributed by atoms with Crippen LogP contribution in [0, 0.1) is 0 Å². The first-order valence-corrected chi connectivity index (χ1v) is 5.81. The minimum Gasteiger partial charge on any atom is -0.506 e. The molecule has 0 unspecified atom stereocenters. The van der Waals surface area contributed by atoms with Crippen LogP contribution in [0.5, 0.6) is 5.75 Å². The van der Waals surface area contributed by atoms with Crippen molar-refractivity contribution in [2.24, 2.45) is 0 Å². The molecule has 0 radical (unpaired) electrons. The highest BCUT2D eigenvalue weighted by molar-refractivity contribution is 5.67. The third-order valence-electron chi connectivity index (χ3n) is 2.43. The van der Waals surface area contributed by atoms with Gasteiger partial charge in [-0.1, -0.05) is 30.3 Å². The number of amides is 1. The van der Waals surface area contributed by atoms with E-state index < -0.39 is 6.09 Å². The van der Waals surface area contributed by atoms with E-state index >= 15 is 0 Å². The molecule has 5 heteroatoms. The molecule has 1 aromatic heterocycles. The third-order valence-corrected chi connectivity index (χ3v) is 2.43. The first kappa shape index (κ1) is 12.9. The number of nitrogens with zero attached hydrogens (tertiary/aromatic N) is 1. The molecule has 1 aromatic carbocycles. The predicted octanol–water partition coefficient (Wildman–Crippen LogP) is 2.21. The van der Waals surface area contributed by atoms with Crippen molar-refractivity contribution < 1.29 is 14.6 Å². The summed E-state index contributed by atoms with van der Waals surface area (Å²) in [6.07, 6.45) is 2.39. The fraction of sp³-hybridized carbons (Fsp3) is 0.143. The lowest BCUT2D eigenvalue weighted by Crippen LogP contribution is -2.23. The van der Waals surface area contributed by atoms with Gasteiger partial charge in [0.25, 0.3) is 0 Å². The number of hydrogen-bond donors (Lipinski definition) is 2. The topological polar surface area (TPSA) is 71.5 Å². The fourth-order valence-corrected chi connectivity index (χ4v) is 1.52. The van der Waals surface area contributed by atoms with Crippen LogP contribution in [-0.2, 0) is 17.9 Å². The molecule has 0 saturated heterocycles. The van der Waals surface area contributed by atoms with Crippen LogP contribution in [-0.4, -0.2) is 16.2 Å². The van der Waals surface area contributed by atoms with E-state index in [2.05, 4.69) is 10.3 Å². The van der Waals surface area contributed by atoms with Gasteiger partial charge in [0.2, 0.25) is 0 Å². The molecule has 0 fully saturated rings. The van der Waals surface area contributed by atoms with Crippen LogP contribution in [0.2, 0.25) is 0 Å². The highest BCUT2D eigenvalue weighted by Gasteiger charge is 2.03. The number of pyridine rings is 1. The molecule has 1 heterocycles. The predicted molar refractivity (Wildman–Crippen MR) is 69.4 cm³/mol. The SMILES string of the molecule is O=C(NCc1cncc(O)c1)OCc1ccccc1. The van der Waals surface area contributed by atoms with Crippen molar-refractivity contribution in [3.05, 3.63) is 59.9 Å². The van der Waals surface area contributed by atoms with Crippen LogP contribution in [0.15, 0.2) is 48.8 Å². The largest absolute Gasteiger partial charge is 0.506 e. The van der Waals surface area contributed by atoms with Crippen molar-refractivity contribution in [2.75, 3.05) is 0 Å². The third kappa shape index (κ3) is 4.31. The second-order valence-electron chi connectivity index (χ2n) is 3.97. The Morgan fingerprint density at radius 3 is 2.74 bits per heavy atom. The number of hydrogen-bond acceptors (Lipinski definition) is 4. The van der Waals surface area contributed by atoms with E-state index in [-0.39, 0.29) is 18.9 Å². The van der Waals surface area contributed by atoms with Gasteiger partial charge in [0.05, 0.1) is 6.20 Å². The molecule has 0 bridgehead atoms. The van der Waals surface area contributed by atoms with Gasteiger partial charge in [-0.2, -0.15) is 0 Å². The Kier molecular flexibility index (Phi) is 4.34. The van der Waals surface area contributed by atoms with Gasteiger partial charge in [-0.3, -0.25) is 4.98 Å². The summed E-state index contributed by atoms with van der Waals surface area (Å²) in [5.41, 5.74) is 1.63. The summed E-state index contributed by atoms with van der Waals surface area (Å²) < 4.78 is 5.05. The lowest BCUT2D eigenvalue weighted by molar-refractivity contribution is 0.139. The maximum atomic E-state index is 11.5. The van der Waals surface area contributed by atoms with Crippen molar-refractivity contribution in [3.63, 3.8) is 0 Å². The van der Waals surface area contributed by atoms with E-state index in [9.17, 15) is 9.90 Å². The van der Waals surface area contributed by atoms with Gasteiger partial charge in [0, 0.05) is 12.7 Å². The van der Waals surface area contributed by atoms with Gasteiger partial charge < -0.3 is 15.2 Å². The van der Waals surface area contributed by atoms with E-state index in [1.165, 1.54) is 12.3 Å². The zero-order valence-corrected chi connectivity index (χ0v) is 10.2. The van der Waals surface area contributed by atoms with E-state index in [0.29, 0.717) is 5.56 Å². The quantitative estimate of drug-likeness (QED) is 0.882. The maximum Gasteiger partial charge on any atom is 0.407 e. The molecule has 0 aliphatic heterocycles. The van der Waals surface area contributed by atoms with Crippen LogP contribution < -0.4 is 5.32 Å². The number of benzene rings is 1. The summed E-state index contributed by atoms with van der Waals surface area (Å²) in [7, 11) is 0. The van der Waals surface area contributed by atoms with Crippen LogP contribution in [0.3, 0.4) is 0 Å². The molecule has 0 spiro atoms. The molecule has 2 aromatic rings. The Balaban J connectivity index is 1.76. The number of ether oxygens (including phenoxy) is 1. The second-order valence-corrected chi connectivity index (χ2v) is 3.97. The summed E-state index contributed by atoms with van der Waals surface area (Å²) >= 11 is 0. The number of nitrogens with one attached hydrogen (secondary N) is 1. The molecule has 98 valence electrons. The Morgan fingerprint density at radius 2 is 2.00 bits per heavy atom. The average molecular weight is 258 g/mol. The first-order valence-electron chi connectivity index (χ1n) is 5.81. The average Bonchev–Trinajstić information content (AvgIpc) is 2.44. The van der Waals surface area contributed by atoms with Crippen LogP contribution in [0.25, 0.3) is 0 Å². The molecule has 1 amide bonds. The standard InChI is InChI=1S/C14H14N2O3/c17-13-6-12(7-15-9-13)8-16-14(18)19-10-11-4-2-1-3-5-11/h1-7,9,17H,8,10H2,(H,16,18). The van der Waals surface area contributed by atoms with Gasteiger partial charge in [0.15, 0.2) is 0 Å². The smallest absolute Gasteiger partial charge is 0.407 e. The minimum absolute atomic E-state index is 0.0666. The second kappa shape index (κ2) is 6.39. The van der Waals surface area contributed by atoms with Gasteiger partial charge in [-0.05, 0) is 17.2 Å². The van der Waals surface area contributed by atoms with Crippen LogP contribution in [0.4, 0.5) is 4.79 Å². The molecule has 0 saturated carbocycles. The molecule has 19 heavy (non-hydrogen) atoms. The van der Waals surface area contributed by atoms with Crippen LogP contribution >= 0.6 is 0 Å². The number of carbonyl (C=O) groups is 1. The zero-order chi connectivity index (χ0) is 13.5. The summed E-state index contributed by atoms with van der Waals surface area (Å²) in [6.45, 7) is 0.486. The molecular weight excluding hydrogens is 244 g/mol. The number of aromatic hydroxyl groups is 1. The molecule has 0 aliphatic rings. The lowest BCUT2D eigenvalue weighted by Gasteiger charge is -2.07.